The van der Waals surface area contributed by atoms with Gasteiger partial charge >= 0.3 is 5.97 Å². The highest BCUT2D eigenvalue weighted by molar-refractivity contribution is 5.66. The molecule has 1 aliphatic heterocycles. The highest BCUT2D eigenvalue weighted by atomic mass is 16.5. The van der Waals surface area contributed by atoms with Gasteiger partial charge in [0.25, 0.3) is 0 Å². The van der Waals surface area contributed by atoms with Gasteiger partial charge in [-0.15, -0.1) is 0 Å². The van der Waals surface area contributed by atoms with E-state index in [0.29, 0.717) is 18.4 Å². The molecule has 4 heteroatoms. The summed E-state index contributed by atoms with van der Waals surface area (Å²) >= 11 is 0. The van der Waals surface area contributed by atoms with Crippen molar-refractivity contribution < 1.29 is 14.6 Å². The van der Waals surface area contributed by atoms with Crippen molar-refractivity contribution in [2.24, 2.45) is 5.92 Å². The molecule has 3 rings (SSSR count). The third kappa shape index (κ3) is 6.20. The Labute approximate surface area is 173 Å². The summed E-state index contributed by atoms with van der Waals surface area (Å²) < 4.78 is 5.47. The van der Waals surface area contributed by atoms with Gasteiger partial charge in [0.2, 0.25) is 0 Å². The lowest BCUT2D eigenvalue weighted by atomic mass is 9.90. The summed E-state index contributed by atoms with van der Waals surface area (Å²) in [5.74, 6) is 0.724. The van der Waals surface area contributed by atoms with Crippen molar-refractivity contribution in [2.45, 2.75) is 44.7 Å². The number of methoxy groups -OCH3 is 1. The molecule has 1 fully saturated rings. The van der Waals surface area contributed by atoms with E-state index in [4.69, 9.17) is 9.84 Å². The van der Waals surface area contributed by atoms with Crippen molar-refractivity contribution in [3.8, 4) is 5.75 Å². The molecule has 0 amide bonds. The Hall–Kier alpha value is -2.59. The summed E-state index contributed by atoms with van der Waals surface area (Å²) in [6.45, 7) is 2.02. The molecule has 2 aromatic rings. The third-order valence-electron chi connectivity index (χ3n) is 5.66. The second-order valence-electron chi connectivity index (χ2n) is 7.72. The first-order valence-corrected chi connectivity index (χ1v) is 10.5. The van der Waals surface area contributed by atoms with E-state index in [1.807, 2.05) is 6.07 Å². The van der Waals surface area contributed by atoms with Gasteiger partial charge in [0.15, 0.2) is 0 Å². The van der Waals surface area contributed by atoms with Gasteiger partial charge in [-0.25, -0.2) is 0 Å². The number of carboxylic acid groups (broad SMARTS) is 1. The van der Waals surface area contributed by atoms with Crippen LogP contribution in [0.2, 0.25) is 0 Å². The van der Waals surface area contributed by atoms with Crippen LogP contribution in [0.1, 0.15) is 49.3 Å². The van der Waals surface area contributed by atoms with E-state index in [1.54, 1.807) is 7.11 Å². The Morgan fingerprint density at radius 1 is 1.17 bits per heavy atom. The minimum absolute atomic E-state index is 0.241. The quantitative estimate of drug-likeness (QED) is 0.430. The van der Waals surface area contributed by atoms with Gasteiger partial charge in [0.05, 0.1) is 7.11 Å². The number of likely N-dealkylation sites (tertiary alicyclic amines) is 1. The van der Waals surface area contributed by atoms with Crippen LogP contribution in [-0.2, 0) is 11.3 Å². The van der Waals surface area contributed by atoms with Gasteiger partial charge in [0, 0.05) is 19.0 Å². The van der Waals surface area contributed by atoms with Crippen molar-refractivity contribution in [1.29, 1.82) is 0 Å². The van der Waals surface area contributed by atoms with Gasteiger partial charge in [0.1, 0.15) is 5.75 Å². The zero-order valence-corrected chi connectivity index (χ0v) is 17.2. The minimum atomic E-state index is -0.719. The third-order valence-corrected chi connectivity index (χ3v) is 5.66. The van der Waals surface area contributed by atoms with Crippen LogP contribution in [0, 0.1) is 5.92 Å². The van der Waals surface area contributed by atoms with E-state index < -0.39 is 5.97 Å². The molecule has 4 nitrogen and oxygen atoms in total. The number of rotatable bonds is 10. The van der Waals surface area contributed by atoms with Crippen LogP contribution in [0.3, 0.4) is 0 Å². The standard InChI is InChI=1S/C25H31NO3/c1-29-23-14-9-13-22(18-23)25-21(12-7-2-3-8-15-24(27)28)16-17-26(25)19-20-10-5-4-6-11-20/h2,4-7,9-11,13-14,18,21,25H,3,8,12,15-17,19H2,1H3,(H,27,28)/b7-2-. The molecular weight excluding hydrogens is 362 g/mol. The smallest absolute Gasteiger partial charge is 0.303 e. The number of unbranched alkanes of at least 4 members (excludes halogenated alkanes) is 1. The summed E-state index contributed by atoms with van der Waals surface area (Å²) in [5, 5.41) is 8.76. The fourth-order valence-electron chi connectivity index (χ4n) is 4.24. The van der Waals surface area contributed by atoms with Crippen molar-refractivity contribution in [1.82, 2.24) is 4.90 Å². The molecule has 0 spiro atoms. The largest absolute Gasteiger partial charge is 0.497 e. The maximum absolute atomic E-state index is 10.6. The van der Waals surface area contributed by atoms with Crippen molar-refractivity contribution >= 4 is 5.97 Å². The number of allylic oxidation sites excluding steroid dienone is 2. The molecule has 0 aromatic heterocycles. The van der Waals surface area contributed by atoms with Crippen molar-refractivity contribution in [2.75, 3.05) is 13.7 Å². The van der Waals surface area contributed by atoms with Crippen LogP contribution in [0.25, 0.3) is 0 Å². The van der Waals surface area contributed by atoms with Crippen LogP contribution in [0.5, 0.6) is 5.75 Å². The average molecular weight is 394 g/mol. The number of aliphatic carboxylic acids is 1. The summed E-state index contributed by atoms with van der Waals surface area (Å²) in [4.78, 5) is 13.2. The SMILES string of the molecule is COc1cccc(C2C(C/C=C\CCCC(=O)O)CCN2Cc2ccccc2)c1. The molecule has 2 aromatic carbocycles. The first-order chi connectivity index (χ1) is 14.2. The van der Waals surface area contributed by atoms with Crippen molar-refractivity contribution in [3.63, 3.8) is 0 Å². The topological polar surface area (TPSA) is 49.8 Å². The number of nitrogens with zero attached hydrogens (tertiary/aromatic N) is 1. The molecule has 0 radical (unpaired) electrons. The number of carbonyl (C=O) groups is 1. The number of benzene rings is 2. The van der Waals surface area contributed by atoms with Crippen molar-refractivity contribution in [3.05, 3.63) is 77.9 Å². The van der Waals surface area contributed by atoms with Crippen LogP contribution in [0.15, 0.2) is 66.7 Å². The molecule has 1 saturated heterocycles. The predicted molar refractivity (Wildman–Crippen MR) is 116 cm³/mol. The molecule has 0 aliphatic carbocycles. The molecular formula is C25H31NO3. The zero-order valence-electron chi connectivity index (χ0n) is 17.2. The average Bonchev–Trinajstić information content (AvgIpc) is 3.13. The maximum atomic E-state index is 10.6. The van der Waals surface area contributed by atoms with E-state index in [1.165, 1.54) is 11.1 Å². The molecule has 1 heterocycles. The second-order valence-corrected chi connectivity index (χ2v) is 7.72. The van der Waals surface area contributed by atoms with Crippen LogP contribution < -0.4 is 4.74 Å². The Morgan fingerprint density at radius 2 is 2.00 bits per heavy atom. The molecule has 29 heavy (non-hydrogen) atoms. The summed E-state index contributed by atoms with van der Waals surface area (Å²) in [5.41, 5.74) is 2.65. The van der Waals surface area contributed by atoms with E-state index in [2.05, 4.69) is 65.6 Å². The Bertz CT molecular complexity index is 803. The highest BCUT2D eigenvalue weighted by Gasteiger charge is 2.34. The molecule has 2 atom stereocenters. The highest BCUT2D eigenvalue weighted by Crippen LogP contribution is 2.41. The lowest BCUT2D eigenvalue weighted by Gasteiger charge is -2.29. The van der Waals surface area contributed by atoms with Gasteiger partial charge in [-0.2, -0.15) is 0 Å². The van der Waals surface area contributed by atoms with Crippen LogP contribution in [0.4, 0.5) is 0 Å². The normalized spacial score (nSPS) is 19.6. The summed E-state index contributed by atoms with van der Waals surface area (Å²) in [6, 6.07) is 19.4. The lowest BCUT2D eigenvalue weighted by Crippen LogP contribution is -2.25. The second kappa shape index (κ2) is 10.8. The Morgan fingerprint density at radius 3 is 2.76 bits per heavy atom. The van der Waals surface area contributed by atoms with Gasteiger partial charge in [-0.05, 0) is 61.4 Å². The van der Waals surface area contributed by atoms with Gasteiger partial charge < -0.3 is 9.84 Å². The van der Waals surface area contributed by atoms with E-state index in [0.717, 1.165) is 38.1 Å². The number of hydrogen-bond acceptors (Lipinski definition) is 3. The molecule has 0 bridgehead atoms. The fraction of sp³-hybridized carbons (Fsp3) is 0.400. The molecule has 1 N–H and O–H groups in total. The van der Waals surface area contributed by atoms with Crippen LogP contribution in [-0.4, -0.2) is 29.6 Å². The summed E-state index contributed by atoms with van der Waals surface area (Å²) in [7, 11) is 1.72. The van der Waals surface area contributed by atoms with E-state index in [-0.39, 0.29) is 6.42 Å². The number of ether oxygens (including phenoxy) is 1. The first-order valence-electron chi connectivity index (χ1n) is 10.5. The van der Waals surface area contributed by atoms with Gasteiger partial charge in [-0.3, -0.25) is 9.69 Å². The lowest BCUT2D eigenvalue weighted by molar-refractivity contribution is -0.137. The molecule has 0 saturated carbocycles. The maximum Gasteiger partial charge on any atom is 0.303 e. The molecule has 1 aliphatic rings. The summed E-state index contributed by atoms with van der Waals surface area (Å²) in [6.07, 6.45) is 8.34. The monoisotopic (exact) mass is 393 g/mol. The minimum Gasteiger partial charge on any atom is -0.497 e. The first kappa shape index (κ1) is 21.1. The predicted octanol–water partition coefficient (Wildman–Crippen LogP) is 5.46. The molecule has 154 valence electrons. The van der Waals surface area contributed by atoms with Crippen LogP contribution >= 0.6 is 0 Å². The number of hydrogen-bond donors (Lipinski definition) is 1. The Kier molecular flexibility index (Phi) is 7.88. The van der Waals surface area contributed by atoms with E-state index >= 15 is 0 Å². The fourth-order valence-corrected chi connectivity index (χ4v) is 4.24. The molecule has 2 unspecified atom stereocenters. The van der Waals surface area contributed by atoms with Gasteiger partial charge in [-0.1, -0.05) is 54.6 Å². The van der Waals surface area contributed by atoms with E-state index in [9.17, 15) is 4.79 Å². The Balaban J connectivity index is 1.70. The number of carboxylic acids is 1. The zero-order chi connectivity index (χ0) is 20.5.